The molecule has 0 bridgehead atoms. The molecule has 0 unspecified atom stereocenters. The Morgan fingerprint density at radius 2 is 1.79 bits per heavy atom. The van der Waals surface area contributed by atoms with E-state index >= 15 is 0 Å². The zero-order valence-corrected chi connectivity index (χ0v) is 19.5. The minimum atomic E-state index is -0.912. The third-order valence-electron chi connectivity index (χ3n) is 6.33. The van der Waals surface area contributed by atoms with Crippen molar-refractivity contribution >= 4 is 34.9 Å². The number of carboxylic acid groups (broad SMARTS) is 1. The van der Waals surface area contributed by atoms with Crippen LogP contribution in [-0.2, 0) is 11.3 Å². The van der Waals surface area contributed by atoms with Crippen LogP contribution in [0.15, 0.2) is 47.0 Å². The summed E-state index contributed by atoms with van der Waals surface area (Å²) in [5.74, 6) is 0.350. The van der Waals surface area contributed by atoms with E-state index in [1.165, 1.54) is 0 Å². The van der Waals surface area contributed by atoms with Crippen molar-refractivity contribution in [2.45, 2.75) is 44.3 Å². The molecule has 2 fully saturated rings. The summed E-state index contributed by atoms with van der Waals surface area (Å²) in [5, 5.41) is 14.7. The quantitative estimate of drug-likeness (QED) is 0.415. The van der Waals surface area contributed by atoms with Crippen molar-refractivity contribution in [1.29, 1.82) is 0 Å². The normalized spacial score (nSPS) is 16.8. The van der Waals surface area contributed by atoms with Crippen LogP contribution in [0.3, 0.4) is 0 Å². The average Bonchev–Trinajstić information content (AvgIpc) is 3.58. The standard InChI is InChI=1S/C25H24Cl2N2O4/c26-20-5-2-6-21(27)22(20)23-19(24(33-28-23)15-7-8-15)14-32-18-9-11-29(12-10-18)17-4-1-3-16(13-17)25(30)31/h1-6,13,15,18H,7-12,14H2,(H,30,31). The largest absolute Gasteiger partial charge is 0.478 e. The molecule has 172 valence electrons. The molecule has 8 heteroatoms. The first-order valence-corrected chi connectivity index (χ1v) is 11.9. The molecule has 1 saturated heterocycles. The fourth-order valence-corrected chi connectivity index (χ4v) is 4.94. The number of aromatic nitrogens is 1. The number of ether oxygens (including phenoxy) is 1. The molecule has 5 rings (SSSR count). The highest BCUT2D eigenvalue weighted by atomic mass is 35.5. The van der Waals surface area contributed by atoms with Crippen LogP contribution in [0.2, 0.25) is 10.0 Å². The maximum atomic E-state index is 11.3. The first-order chi connectivity index (χ1) is 16.0. The van der Waals surface area contributed by atoms with Crippen molar-refractivity contribution in [3.8, 4) is 11.3 Å². The smallest absolute Gasteiger partial charge is 0.335 e. The Balaban J connectivity index is 1.28. The van der Waals surface area contributed by atoms with Crippen LogP contribution < -0.4 is 4.90 Å². The number of aromatic carboxylic acids is 1. The second-order valence-corrected chi connectivity index (χ2v) is 9.41. The molecule has 33 heavy (non-hydrogen) atoms. The van der Waals surface area contributed by atoms with E-state index in [4.69, 9.17) is 32.5 Å². The van der Waals surface area contributed by atoms with Gasteiger partial charge in [-0.3, -0.25) is 0 Å². The summed E-state index contributed by atoms with van der Waals surface area (Å²) in [6, 6.07) is 12.5. The van der Waals surface area contributed by atoms with E-state index in [1.807, 2.05) is 12.1 Å². The summed E-state index contributed by atoms with van der Waals surface area (Å²) in [6.07, 6.45) is 3.98. The van der Waals surface area contributed by atoms with E-state index in [0.717, 1.165) is 55.8 Å². The van der Waals surface area contributed by atoms with Gasteiger partial charge in [0.2, 0.25) is 0 Å². The molecule has 6 nitrogen and oxygen atoms in total. The second kappa shape index (κ2) is 9.37. The van der Waals surface area contributed by atoms with Gasteiger partial charge < -0.3 is 19.3 Å². The van der Waals surface area contributed by atoms with Crippen LogP contribution >= 0.6 is 23.2 Å². The highest BCUT2D eigenvalue weighted by Crippen LogP contribution is 2.46. The molecular formula is C25H24Cl2N2O4. The van der Waals surface area contributed by atoms with Gasteiger partial charge in [0.1, 0.15) is 11.5 Å². The third kappa shape index (κ3) is 4.74. The van der Waals surface area contributed by atoms with E-state index in [2.05, 4.69) is 10.1 Å². The fourth-order valence-electron chi connectivity index (χ4n) is 4.37. The van der Waals surface area contributed by atoms with Crippen LogP contribution in [0.4, 0.5) is 5.69 Å². The van der Waals surface area contributed by atoms with Gasteiger partial charge in [0, 0.05) is 35.8 Å². The lowest BCUT2D eigenvalue weighted by Crippen LogP contribution is -2.37. The van der Waals surface area contributed by atoms with Crippen LogP contribution in [0, 0.1) is 0 Å². The van der Waals surface area contributed by atoms with Gasteiger partial charge in [-0.1, -0.05) is 40.5 Å². The number of halogens is 2. The Kier molecular flexibility index (Phi) is 6.32. The van der Waals surface area contributed by atoms with Gasteiger partial charge in [0.15, 0.2) is 0 Å². The molecule has 0 amide bonds. The molecule has 1 N–H and O–H groups in total. The number of nitrogens with zero attached hydrogens (tertiary/aromatic N) is 2. The lowest BCUT2D eigenvalue weighted by molar-refractivity contribution is 0.0246. The maximum Gasteiger partial charge on any atom is 0.335 e. The molecule has 0 radical (unpaired) electrons. The van der Waals surface area contributed by atoms with Crippen molar-refractivity contribution < 1.29 is 19.2 Å². The van der Waals surface area contributed by atoms with E-state index < -0.39 is 5.97 Å². The van der Waals surface area contributed by atoms with Crippen LogP contribution in [0.5, 0.6) is 0 Å². The predicted octanol–water partition coefficient (Wildman–Crippen LogP) is 6.41. The molecule has 1 aromatic heterocycles. The summed E-state index contributed by atoms with van der Waals surface area (Å²) in [4.78, 5) is 13.5. The first kappa shape index (κ1) is 22.3. The van der Waals surface area contributed by atoms with Crippen molar-refractivity contribution in [2.75, 3.05) is 18.0 Å². The molecular weight excluding hydrogens is 463 g/mol. The minimum absolute atomic E-state index is 0.0976. The van der Waals surface area contributed by atoms with Gasteiger partial charge in [-0.25, -0.2) is 4.79 Å². The molecule has 1 saturated carbocycles. The summed E-state index contributed by atoms with van der Waals surface area (Å²) in [5.41, 5.74) is 3.51. The van der Waals surface area contributed by atoms with Crippen molar-refractivity contribution in [1.82, 2.24) is 5.16 Å². The van der Waals surface area contributed by atoms with Crippen molar-refractivity contribution in [3.05, 3.63) is 69.4 Å². The number of hydrogen-bond acceptors (Lipinski definition) is 5. The van der Waals surface area contributed by atoms with Crippen LogP contribution in [-0.4, -0.2) is 35.4 Å². The molecule has 2 aliphatic rings. The first-order valence-electron chi connectivity index (χ1n) is 11.1. The Morgan fingerprint density at radius 1 is 1.09 bits per heavy atom. The third-order valence-corrected chi connectivity index (χ3v) is 6.96. The van der Waals surface area contributed by atoms with E-state index in [-0.39, 0.29) is 6.10 Å². The monoisotopic (exact) mass is 486 g/mol. The number of carboxylic acids is 1. The molecule has 3 aromatic rings. The number of benzene rings is 2. The van der Waals surface area contributed by atoms with Gasteiger partial charge in [-0.2, -0.15) is 0 Å². The molecule has 0 atom stereocenters. The van der Waals surface area contributed by atoms with Gasteiger partial charge in [0.05, 0.1) is 28.3 Å². The highest BCUT2D eigenvalue weighted by molar-refractivity contribution is 6.39. The van der Waals surface area contributed by atoms with Gasteiger partial charge in [0.25, 0.3) is 0 Å². The van der Waals surface area contributed by atoms with Gasteiger partial charge in [-0.15, -0.1) is 0 Å². The highest BCUT2D eigenvalue weighted by Gasteiger charge is 2.34. The Morgan fingerprint density at radius 3 is 2.45 bits per heavy atom. The number of hydrogen-bond donors (Lipinski definition) is 1. The van der Waals surface area contributed by atoms with E-state index in [1.54, 1.807) is 30.3 Å². The summed E-state index contributed by atoms with van der Waals surface area (Å²) >= 11 is 12.9. The zero-order chi connectivity index (χ0) is 22.9. The topological polar surface area (TPSA) is 75.8 Å². The minimum Gasteiger partial charge on any atom is -0.478 e. The number of rotatable bonds is 7. The molecule has 1 aliphatic heterocycles. The van der Waals surface area contributed by atoms with Crippen LogP contribution in [0.25, 0.3) is 11.3 Å². The number of piperidine rings is 1. The molecule has 2 aromatic carbocycles. The molecule has 2 heterocycles. The van der Waals surface area contributed by atoms with E-state index in [9.17, 15) is 9.90 Å². The Bertz CT molecular complexity index is 1150. The summed E-state index contributed by atoms with van der Waals surface area (Å²) in [6.45, 7) is 2.00. The van der Waals surface area contributed by atoms with Crippen molar-refractivity contribution in [3.63, 3.8) is 0 Å². The molecule has 1 aliphatic carbocycles. The summed E-state index contributed by atoms with van der Waals surface area (Å²) in [7, 11) is 0. The lowest BCUT2D eigenvalue weighted by Gasteiger charge is -2.33. The van der Waals surface area contributed by atoms with Gasteiger partial charge in [-0.05, 0) is 56.0 Å². The summed E-state index contributed by atoms with van der Waals surface area (Å²) < 4.78 is 12.1. The second-order valence-electron chi connectivity index (χ2n) is 8.60. The molecule has 0 spiro atoms. The number of carbonyl (C=O) groups is 1. The SMILES string of the molecule is O=C(O)c1cccc(N2CCC(OCc3c(-c4c(Cl)cccc4Cl)noc3C3CC3)CC2)c1. The fraction of sp³-hybridized carbons (Fsp3) is 0.360. The zero-order valence-electron chi connectivity index (χ0n) is 18.0. The van der Waals surface area contributed by atoms with Crippen molar-refractivity contribution in [2.24, 2.45) is 0 Å². The van der Waals surface area contributed by atoms with E-state index in [0.29, 0.717) is 39.4 Å². The van der Waals surface area contributed by atoms with Gasteiger partial charge >= 0.3 is 5.97 Å². The average molecular weight is 487 g/mol. The lowest BCUT2D eigenvalue weighted by atomic mass is 10.0. The maximum absolute atomic E-state index is 11.3. The number of anilines is 1. The van der Waals surface area contributed by atoms with Crippen LogP contribution in [0.1, 0.15) is 53.3 Å². The predicted molar refractivity (Wildman–Crippen MR) is 127 cm³/mol. The Labute approximate surface area is 202 Å². The Hall–Kier alpha value is -2.54.